The van der Waals surface area contributed by atoms with Crippen molar-refractivity contribution in [3.63, 3.8) is 0 Å². The van der Waals surface area contributed by atoms with Crippen molar-refractivity contribution in [1.82, 2.24) is 5.32 Å². The van der Waals surface area contributed by atoms with Gasteiger partial charge in [-0.15, -0.1) is 0 Å². The molecule has 5 heteroatoms. The molecule has 1 amide bonds. The molecular weight excluding hydrogens is 401 g/mol. The highest BCUT2D eigenvalue weighted by Gasteiger charge is 2.14. The molecule has 21 heavy (non-hydrogen) atoms. The molecule has 0 fully saturated rings. The number of aliphatic hydroxyl groups is 1. The highest BCUT2D eigenvalue weighted by molar-refractivity contribution is 14.1. The largest absolute Gasteiger partial charge is 0.394 e. The summed E-state index contributed by atoms with van der Waals surface area (Å²) in [6, 6.07) is 14.6. The Labute approximate surface area is 142 Å². The normalized spacial score (nSPS) is 12.0. The molecule has 2 aromatic rings. The van der Waals surface area contributed by atoms with E-state index in [1.54, 1.807) is 18.2 Å². The van der Waals surface area contributed by atoms with E-state index in [4.69, 9.17) is 11.6 Å². The van der Waals surface area contributed by atoms with Crippen LogP contribution in [0.2, 0.25) is 5.02 Å². The molecule has 110 valence electrons. The van der Waals surface area contributed by atoms with Gasteiger partial charge in [-0.2, -0.15) is 0 Å². The molecule has 1 atom stereocenters. The van der Waals surface area contributed by atoms with Gasteiger partial charge in [0.1, 0.15) is 0 Å². The number of aliphatic hydroxyl groups excluding tert-OH is 1. The molecule has 0 heterocycles. The van der Waals surface area contributed by atoms with Crippen molar-refractivity contribution >= 4 is 40.1 Å². The maximum absolute atomic E-state index is 12.2. The van der Waals surface area contributed by atoms with Crippen LogP contribution in [0, 0.1) is 3.57 Å². The molecule has 0 saturated heterocycles. The summed E-state index contributed by atoms with van der Waals surface area (Å²) in [5, 5.41) is 12.8. The van der Waals surface area contributed by atoms with E-state index in [0.29, 0.717) is 17.0 Å². The van der Waals surface area contributed by atoms with Gasteiger partial charge in [-0.1, -0.05) is 41.9 Å². The van der Waals surface area contributed by atoms with Crippen LogP contribution in [0.15, 0.2) is 48.5 Å². The van der Waals surface area contributed by atoms with Crippen LogP contribution < -0.4 is 5.32 Å². The number of rotatable bonds is 5. The Bertz CT molecular complexity index is 619. The Morgan fingerprint density at radius 2 is 1.95 bits per heavy atom. The van der Waals surface area contributed by atoms with Gasteiger partial charge < -0.3 is 10.4 Å². The van der Waals surface area contributed by atoms with E-state index in [1.807, 2.05) is 30.3 Å². The van der Waals surface area contributed by atoms with Crippen LogP contribution in [0.25, 0.3) is 0 Å². The standard InChI is InChI=1S/C16H15ClINO2/c17-14-9-12(6-7-15(14)18)16(21)19-13(10-20)8-11-4-2-1-3-5-11/h1-7,9,13,20H,8,10H2,(H,19,21)/t13-/m0/s1. The molecule has 0 aromatic heterocycles. The Morgan fingerprint density at radius 1 is 1.24 bits per heavy atom. The van der Waals surface area contributed by atoms with Crippen LogP contribution in [0.4, 0.5) is 0 Å². The summed E-state index contributed by atoms with van der Waals surface area (Å²) in [4.78, 5) is 12.2. The minimum atomic E-state index is -0.321. The number of hydrogen-bond donors (Lipinski definition) is 2. The average molecular weight is 416 g/mol. The summed E-state index contributed by atoms with van der Waals surface area (Å²) in [5.41, 5.74) is 1.56. The highest BCUT2D eigenvalue weighted by atomic mass is 127. The van der Waals surface area contributed by atoms with E-state index in [2.05, 4.69) is 27.9 Å². The number of benzene rings is 2. The van der Waals surface area contributed by atoms with Crippen LogP contribution in [0.5, 0.6) is 0 Å². The Kier molecular flexibility index (Phi) is 6.02. The fourth-order valence-corrected chi connectivity index (χ4v) is 2.48. The van der Waals surface area contributed by atoms with Crippen LogP contribution in [-0.2, 0) is 6.42 Å². The van der Waals surface area contributed by atoms with Gasteiger partial charge in [0.2, 0.25) is 0 Å². The Hall–Kier alpha value is -1.11. The maximum atomic E-state index is 12.2. The van der Waals surface area contributed by atoms with Gasteiger partial charge in [0.15, 0.2) is 0 Å². The lowest BCUT2D eigenvalue weighted by atomic mass is 10.1. The van der Waals surface area contributed by atoms with E-state index in [-0.39, 0.29) is 18.6 Å². The first-order valence-electron chi connectivity index (χ1n) is 6.51. The van der Waals surface area contributed by atoms with Gasteiger partial charge >= 0.3 is 0 Å². The SMILES string of the molecule is O=C(N[C@H](CO)Cc1ccccc1)c1ccc(I)c(Cl)c1. The van der Waals surface area contributed by atoms with Crippen LogP contribution in [-0.4, -0.2) is 23.7 Å². The summed E-state index contributed by atoms with van der Waals surface area (Å²) in [5.74, 6) is -0.233. The Morgan fingerprint density at radius 3 is 2.57 bits per heavy atom. The van der Waals surface area contributed by atoms with E-state index in [1.165, 1.54) is 0 Å². The lowest BCUT2D eigenvalue weighted by Gasteiger charge is -2.16. The predicted octanol–water partition coefficient (Wildman–Crippen LogP) is 3.28. The van der Waals surface area contributed by atoms with E-state index in [0.717, 1.165) is 9.13 Å². The van der Waals surface area contributed by atoms with Gasteiger partial charge in [0, 0.05) is 9.13 Å². The van der Waals surface area contributed by atoms with Crippen molar-refractivity contribution in [3.8, 4) is 0 Å². The number of hydrogen-bond acceptors (Lipinski definition) is 2. The van der Waals surface area contributed by atoms with Crippen LogP contribution >= 0.6 is 34.2 Å². The Balaban J connectivity index is 2.04. The average Bonchev–Trinajstić information content (AvgIpc) is 2.50. The zero-order valence-corrected chi connectivity index (χ0v) is 14.1. The first kappa shape index (κ1) is 16.3. The second kappa shape index (κ2) is 7.77. The molecule has 0 spiro atoms. The molecule has 0 aliphatic carbocycles. The highest BCUT2D eigenvalue weighted by Crippen LogP contribution is 2.19. The lowest BCUT2D eigenvalue weighted by molar-refractivity contribution is 0.0916. The third-order valence-electron chi connectivity index (χ3n) is 3.06. The number of carbonyl (C=O) groups excluding carboxylic acids is 1. The van der Waals surface area contributed by atoms with Crippen molar-refractivity contribution in [2.45, 2.75) is 12.5 Å². The molecule has 0 radical (unpaired) electrons. The smallest absolute Gasteiger partial charge is 0.251 e. The van der Waals surface area contributed by atoms with Crippen LogP contribution in [0.3, 0.4) is 0 Å². The number of carbonyl (C=O) groups is 1. The molecule has 0 aliphatic rings. The minimum Gasteiger partial charge on any atom is -0.394 e. The molecule has 0 bridgehead atoms. The molecule has 0 unspecified atom stereocenters. The molecular formula is C16H15ClINO2. The summed E-state index contributed by atoms with van der Waals surface area (Å²) in [7, 11) is 0. The monoisotopic (exact) mass is 415 g/mol. The van der Waals surface area contributed by atoms with Crippen molar-refractivity contribution in [3.05, 3.63) is 68.3 Å². The molecule has 2 rings (SSSR count). The summed E-state index contributed by atoms with van der Waals surface area (Å²) in [6.45, 7) is -0.112. The van der Waals surface area contributed by atoms with Crippen molar-refractivity contribution < 1.29 is 9.90 Å². The number of halogens is 2. The lowest BCUT2D eigenvalue weighted by Crippen LogP contribution is -2.39. The molecule has 2 N–H and O–H groups in total. The van der Waals surface area contributed by atoms with Crippen molar-refractivity contribution in [2.75, 3.05) is 6.61 Å². The third kappa shape index (κ3) is 4.69. The molecule has 0 saturated carbocycles. The second-order valence-electron chi connectivity index (χ2n) is 4.67. The summed E-state index contributed by atoms with van der Waals surface area (Å²) < 4.78 is 0.897. The zero-order chi connectivity index (χ0) is 15.2. The van der Waals surface area contributed by atoms with E-state index >= 15 is 0 Å². The fourth-order valence-electron chi connectivity index (χ4n) is 1.97. The van der Waals surface area contributed by atoms with Gasteiger partial charge in [0.25, 0.3) is 5.91 Å². The summed E-state index contributed by atoms with van der Waals surface area (Å²) >= 11 is 8.13. The fraction of sp³-hybridized carbons (Fsp3) is 0.188. The zero-order valence-electron chi connectivity index (χ0n) is 11.2. The molecule has 3 nitrogen and oxygen atoms in total. The maximum Gasteiger partial charge on any atom is 0.251 e. The van der Waals surface area contributed by atoms with Crippen LogP contribution in [0.1, 0.15) is 15.9 Å². The second-order valence-corrected chi connectivity index (χ2v) is 6.24. The third-order valence-corrected chi connectivity index (χ3v) is 4.63. The van der Waals surface area contributed by atoms with Gasteiger partial charge in [-0.3, -0.25) is 4.79 Å². The minimum absolute atomic E-state index is 0.112. The first-order chi connectivity index (χ1) is 10.1. The molecule has 2 aromatic carbocycles. The number of nitrogens with one attached hydrogen (secondary N) is 1. The predicted molar refractivity (Wildman–Crippen MR) is 92.7 cm³/mol. The molecule has 0 aliphatic heterocycles. The summed E-state index contributed by atoms with van der Waals surface area (Å²) in [6.07, 6.45) is 0.585. The first-order valence-corrected chi connectivity index (χ1v) is 7.96. The van der Waals surface area contributed by atoms with E-state index in [9.17, 15) is 9.90 Å². The van der Waals surface area contributed by atoms with Crippen molar-refractivity contribution in [2.24, 2.45) is 0 Å². The van der Waals surface area contributed by atoms with Gasteiger partial charge in [-0.25, -0.2) is 0 Å². The topological polar surface area (TPSA) is 49.3 Å². The number of amides is 1. The van der Waals surface area contributed by atoms with Gasteiger partial charge in [0.05, 0.1) is 17.7 Å². The van der Waals surface area contributed by atoms with E-state index < -0.39 is 0 Å². The van der Waals surface area contributed by atoms with Gasteiger partial charge in [-0.05, 0) is 52.8 Å². The van der Waals surface area contributed by atoms with Crippen molar-refractivity contribution in [1.29, 1.82) is 0 Å². The quantitative estimate of drug-likeness (QED) is 0.737.